The summed E-state index contributed by atoms with van der Waals surface area (Å²) in [5.74, 6) is 0. The van der Waals surface area contributed by atoms with Crippen LogP contribution < -0.4 is 5.32 Å². The topological polar surface area (TPSA) is 12.0 Å². The Kier molecular flexibility index (Phi) is 2.95. The van der Waals surface area contributed by atoms with E-state index in [1.54, 1.807) is 0 Å². The summed E-state index contributed by atoms with van der Waals surface area (Å²) in [6, 6.07) is 14.7. The fourth-order valence-electron chi connectivity index (χ4n) is 1.85. The molecule has 2 rings (SSSR count). The van der Waals surface area contributed by atoms with Gasteiger partial charge in [0.1, 0.15) is 0 Å². The van der Waals surface area contributed by atoms with Crippen molar-refractivity contribution in [3.05, 3.63) is 59.2 Å². The van der Waals surface area contributed by atoms with Crippen LogP contribution in [0.4, 0.5) is 11.4 Å². The van der Waals surface area contributed by atoms with E-state index in [-0.39, 0.29) is 0 Å². The molecule has 0 aliphatic rings. The molecule has 0 spiro atoms. The Hall–Kier alpha value is -1.76. The number of para-hydroxylation sites is 1. The van der Waals surface area contributed by atoms with Crippen molar-refractivity contribution in [2.75, 3.05) is 5.32 Å². The van der Waals surface area contributed by atoms with Crippen LogP contribution in [0.5, 0.6) is 0 Å². The molecule has 0 unspecified atom stereocenters. The van der Waals surface area contributed by atoms with Gasteiger partial charge in [0.15, 0.2) is 0 Å². The van der Waals surface area contributed by atoms with Gasteiger partial charge in [-0.05, 0) is 55.7 Å². The highest BCUT2D eigenvalue weighted by Gasteiger charge is 2.02. The Morgan fingerprint density at radius 3 is 2.25 bits per heavy atom. The van der Waals surface area contributed by atoms with Gasteiger partial charge in [-0.15, -0.1) is 0 Å². The largest absolute Gasteiger partial charge is 0.355 e. The Morgan fingerprint density at radius 2 is 1.56 bits per heavy atom. The molecule has 0 heterocycles. The van der Waals surface area contributed by atoms with E-state index in [1.807, 2.05) is 18.2 Å². The molecule has 1 heteroatoms. The third kappa shape index (κ3) is 2.25. The van der Waals surface area contributed by atoms with Gasteiger partial charge in [0.05, 0.1) is 0 Å². The van der Waals surface area contributed by atoms with Crippen molar-refractivity contribution in [1.82, 2.24) is 0 Å². The van der Waals surface area contributed by atoms with Crippen LogP contribution in [0.3, 0.4) is 0 Å². The fraction of sp³-hybridized carbons (Fsp3) is 0.200. The molecule has 0 aromatic heterocycles. The van der Waals surface area contributed by atoms with E-state index in [4.69, 9.17) is 0 Å². The van der Waals surface area contributed by atoms with Crippen LogP contribution in [-0.2, 0) is 0 Å². The maximum atomic E-state index is 3.45. The average molecular weight is 211 g/mol. The van der Waals surface area contributed by atoms with Crippen LogP contribution in [0, 0.1) is 20.8 Å². The zero-order valence-electron chi connectivity index (χ0n) is 10.0. The van der Waals surface area contributed by atoms with Gasteiger partial charge in [0.25, 0.3) is 0 Å². The Labute approximate surface area is 97.1 Å². The van der Waals surface area contributed by atoms with E-state index < -0.39 is 0 Å². The summed E-state index contributed by atoms with van der Waals surface area (Å²) in [5, 5.41) is 3.45. The van der Waals surface area contributed by atoms with Gasteiger partial charge in [-0.3, -0.25) is 0 Å². The molecule has 16 heavy (non-hydrogen) atoms. The molecule has 1 N–H and O–H groups in total. The molecule has 0 aliphatic heterocycles. The molecule has 0 saturated heterocycles. The van der Waals surface area contributed by atoms with Gasteiger partial charge in [-0.2, -0.15) is 0 Å². The first kappa shape index (κ1) is 10.7. The minimum atomic E-state index is 1.13. The van der Waals surface area contributed by atoms with E-state index in [9.17, 15) is 0 Å². The van der Waals surface area contributed by atoms with Crippen LogP contribution in [0.15, 0.2) is 42.5 Å². The van der Waals surface area contributed by atoms with Crippen molar-refractivity contribution in [2.24, 2.45) is 0 Å². The second kappa shape index (κ2) is 4.40. The first-order valence-corrected chi connectivity index (χ1v) is 5.57. The number of anilines is 2. The van der Waals surface area contributed by atoms with E-state index in [0.717, 1.165) is 5.69 Å². The number of nitrogens with one attached hydrogen (secondary N) is 1. The van der Waals surface area contributed by atoms with Crippen LogP contribution in [-0.4, -0.2) is 0 Å². The molecular weight excluding hydrogens is 194 g/mol. The molecular formula is C15H17N. The van der Waals surface area contributed by atoms with Gasteiger partial charge in [0.2, 0.25) is 0 Å². The third-order valence-electron chi connectivity index (χ3n) is 2.86. The predicted octanol–water partition coefficient (Wildman–Crippen LogP) is 4.36. The van der Waals surface area contributed by atoms with Crippen molar-refractivity contribution in [1.29, 1.82) is 0 Å². The quantitative estimate of drug-likeness (QED) is 0.778. The molecule has 0 amide bonds. The van der Waals surface area contributed by atoms with Gasteiger partial charge in [0, 0.05) is 11.4 Å². The summed E-state index contributed by atoms with van der Waals surface area (Å²) in [4.78, 5) is 0. The monoisotopic (exact) mass is 211 g/mol. The first-order valence-electron chi connectivity index (χ1n) is 5.57. The molecule has 0 bridgehead atoms. The van der Waals surface area contributed by atoms with Crippen LogP contribution >= 0.6 is 0 Å². The number of aryl methyl sites for hydroxylation is 2. The normalized spacial score (nSPS) is 10.2. The van der Waals surface area contributed by atoms with Crippen LogP contribution in [0.25, 0.3) is 0 Å². The molecule has 2 aromatic rings. The average Bonchev–Trinajstić information content (AvgIpc) is 2.27. The lowest BCUT2D eigenvalue weighted by Gasteiger charge is -2.12. The Morgan fingerprint density at radius 1 is 0.875 bits per heavy atom. The number of benzene rings is 2. The molecule has 82 valence electrons. The maximum absolute atomic E-state index is 3.45. The SMILES string of the molecule is Cc1cc(C)c(C)c(Nc2ccccc2)c1. The van der Waals surface area contributed by atoms with E-state index in [1.165, 1.54) is 22.4 Å². The highest BCUT2D eigenvalue weighted by molar-refractivity contribution is 5.65. The van der Waals surface area contributed by atoms with E-state index in [2.05, 4.69) is 50.4 Å². The van der Waals surface area contributed by atoms with Gasteiger partial charge < -0.3 is 5.32 Å². The summed E-state index contributed by atoms with van der Waals surface area (Å²) in [5.41, 5.74) is 6.27. The zero-order valence-corrected chi connectivity index (χ0v) is 10.0. The highest BCUT2D eigenvalue weighted by Crippen LogP contribution is 2.24. The van der Waals surface area contributed by atoms with Crippen molar-refractivity contribution < 1.29 is 0 Å². The van der Waals surface area contributed by atoms with Gasteiger partial charge in [-0.1, -0.05) is 24.3 Å². The highest BCUT2D eigenvalue weighted by atomic mass is 14.9. The lowest BCUT2D eigenvalue weighted by Crippen LogP contribution is -1.95. The Balaban J connectivity index is 2.35. The molecule has 2 aromatic carbocycles. The molecule has 0 radical (unpaired) electrons. The van der Waals surface area contributed by atoms with E-state index in [0.29, 0.717) is 0 Å². The molecule has 1 nitrogen and oxygen atoms in total. The minimum Gasteiger partial charge on any atom is -0.355 e. The fourth-order valence-corrected chi connectivity index (χ4v) is 1.85. The summed E-state index contributed by atoms with van der Waals surface area (Å²) < 4.78 is 0. The van der Waals surface area contributed by atoms with Crippen LogP contribution in [0.1, 0.15) is 16.7 Å². The van der Waals surface area contributed by atoms with Gasteiger partial charge in [-0.25, -0.2) is 0 Å². The first-order chi connectivity index (χ1) is 7.66. The summed E-state index contributed by atoms with van der Waals surface area (Å²) in [7, 11) is 0. The lowest BCUT2D eigenvalue weighted by molar-refractivity contribution is 1.29. The summed E-state index contributed by atoms with van der Waals surface area (Å²) in [6.45, 7) is 6.43. The van der Waals surface area contributed by atoms with Gasteiger partial charge >= 0.3 is 0 Å². The van der Waals surface area contributed by atoms with Crippen molar-refractivity contribution in [3.63, 3.8) is 0 Å². The molecule has 0 atom stereocenters. The third-order valence-corrected chi connectivity index (χ3v) is 2.86. The lowest BCUT2D eigenvalue weighted by atomic mass is 10.0. The predicted molar refractivity (Wildman–Crippen MR) is 70.4 cm³/mol. The second-order valence-electron chi connectivity index (χ2n) is 4.25. The van der Waals surface area contributed by atoms with Crippen molar-refractivity contribution in [2.45, 2.75) is 20.8 Å². The molecule has 0 fully saturated rings. The number of hydrogen-bond acceptors (Lipinski definition) is 1. The molecule has 0 aliphatic carbocycles. The zero-order chi connectivity index (χ0) is 11.5. The smallest absolute Gasteiger partial charge is 0.0419 e. The standard InChI is InChI=1S/C15H17N/c1-11-9-12(2)13(3)15(10-11)16-14-7-5-4-6-8-14/h4-10,16H,1-3H3. The van der Waals surface area contributed by atoms with E-state index >= 15 is 0 Å². The van der Waals surface area contributed by atoms with Crippen LogP contribution in [0.2, 0.25) is 0 Å². The van der Waals surface area contributed by atoms with Crippen molar-refractivity contribution in [3.8, 4) is 0 Å². The summed E-state index contributed by atoms with van der Waals surface area (Å²) in [6.07, 6.45) is 0. The number of hydrogen-bond donors (Lipinski definition) is 1. The molecule has 0 saturated carbocycles. The minimum absolute atomic E-state index is 1.13. The Bertz CT molecular complexity index is 486. The summed E-state index contributed by atoms with van der Waals surface area (Å²) >= 11 is 0. The number of rotatable bonds is 2. The maximum Gasteiger partial charge on any atom is 0.0419 e. The van der Waals surface area contributed by atoms with Crippen molar-refractivity contribution >= 4 is 11.4 Å². The second-order valence-corrected chi connectivity index (χ2v) is 4.25.